The van der Waals surface area contributed by atoms with Gasteiger partial charge in [-0.15, -0.1) is 0 Å². The lowest BCUT2D eigenvalue weighted by Crippen LogP contribution is -1.88. The number of hydrogen-bond acceptors (Lipinski definition) is 1. The summed E-state index contributed by atoms with van der Waals surface area (Å²) in [5, 5.41) is 1.21. The molecule has 1 aliphatic rings. The summed E-state index contributed by atoms with van der Waals surface area (Å²) in [7, 11) is 2.75. The monoisotopic (exact) mass is 268 g/mol. The molecule has 1 aliphatic carbocycles. The number of hydrogen-bond donors (Lipinski definition) is 0. The topological polar surface area (TPSA) is 17.8 Å². The van der Waals surface area contributed by atoms with E-state index in [1.54, 1.807) is 0 Å². The highest BCUT2D eigenvalue weighted by molar-refractivity contribution is 9.10. The Morgan fingerprint density at radius 1 is 1.50 bits per heavy atom. The third kappa shape index (κ3) is 1.15. The number of fused-ring (bicyclic) bond motifs is 1. The Labute approximate surface area is 93.1 Å². The quantitative estimate of drug-likeness (QED) is 0.726. The lowest BCUT2D eigenvalue weighted by molar-refractivity contribution is 1.01. The SMILES string of the molecule is Pn1c(C2CC2)c(Br)c2cccnc21. The molecule has 3 rings (SSSR count). The third-order valence-electron chi connectivity index (χ3n) is 2.70. The molecular formula is C10H10BrN2P. The summed E-state index contributed by atoms with van der Waals surface area (Å²) in [5.41, 5.74) is 2.43. The smallest absolute Gasteiger partial charge is 0.144 e. The maximum Gasteiger partial charge on any atom is 0.144 e. The standard InChI is InChI=1S/C10H10BrN2P/c11-8-7-2-1-5-12-10(7)13(14)9(8)6-3-4-6/h1-2,5-6H,3-4,14H2. The minimum absolute atomic E-state index is 0.732. The molecule has 0 spiro atoms. The van der Waals surface area contributed by atoms with Crippen molar-refractivity contribution in [2.75, 3.05) is 0 Å². The van der Waals surface area contributed by atoms with Crippen LogP contribution in [0.3, 0.4) is 0 Å². The van der Waals surface area contributed by atoms with Crippen LogP contribution in [-0.4, -0.2) is 9.32 Å². The zero-order valence-electron chi connectivity index (χ0n) is 7.57. The Hall–Kier alpha value is -0.400. The molecule has 1 atom stereocenters. The highest BCUT2D eigenvalue weighted by Gasteiger charge is 2.30. The molecule has 0 aliphatic heterocycles. The van der Waals surface area contributed by atoms with Crippen molar-refractivity contribution in [2.45, 2.75) is 18.8 Å². The summed E-state index contributed by atoms with van der Waals surface area (Å²) < 4.78 is 3.36. The van der Waals surface area contributed by atoms with Crippen LogP contribution in [0.2, 0.25) is 0 Å². The van der Waals surface area contributed by atoms with Gasteiger partial charge in [0.25, 0.3) is 0 Å². The first-order valence-corrected chi connectivity index (χ1v) is 6.00. The van der Waals surface area contributed by atoms with Crippen molar-refractivity contribution >= 4 is 36.4 Å². The summed E-state index contributed by atoms with van der Waals surface area (Å²) in [6.07, 6.45) is 4.46. The Kier molecular flexibility index (Phi) is 1.93. The Bertz CT molecular complexity index is 463. The van der Waals surface area contributed by atoms with Crippen LogP contribution < -0.4 is 0 Å². The third-order valence-corrected chi connectivity index (χ3v) is 4.06. The van der Waals surface area contributed by atoms with E-state index < -0.39 is 0 Å². The molecule has 0 N–H and O–H groups in total. The highest BCUT2D eigenvalue weighted by atomic mass is 79.9. The Balaban J connectivity index is 2.38. The second kappa shape index (κ2) is 3.04. The summed E-state index contributed by atoms with van der Waals surface area (Å²) >= 11 is 3.67. The van der Waals surface area contributed by atoms with Gasteiger partial charge in [-0.3, -0.25) is 0 Å². The molecular weight excluding hydrogens is 259 g/mol. The predicted molar refractivity (Wildman–Crippen MR) is 64.5 cm³/mol. The minimum Gasteiger partial charge on any atom is -0.313 e. The summed E-state index contributed by atoms with van der Waals surface area (Å²) in [6.45, 7) is 0. The summed E-state index contributed by atoms with van der Waals surface area (Å²) in [4.78, 5) is 4.38. The van der Waals surface area contributed by atoms with Crippen LogP contribution in [0.25, 0.3) is 11.0 Å². The first kappa shape index (κ1) is 8.87. The van der Waals surface area contributed by atoms with Gasteiger partial charge in [0.1, 0.15) is 5.65 Å². The van der Waals surface area contributed by atoms with E-state index in [9.17, 15) is 0 Å². The van der Waals surface area contributed by atoms with E-state index in [-0.39, 0.29) is 0 Å². The van der Waals surface area contributed by atoms with Crippen LogP contribution in [0.15, 0.2) is 22.8 Å². The maximum atomic E-state index is 4.38. The first-order valence-electron chi connectivity index (χ1n) is 4.69. The van der Waals surface area contributed by atoms with Gasteiger partial charge in [0.05, 0.1) is 0 Å². The second-order valence-corrected chi connectivity index (χ2v) is 5.03. The molecule has 0 saturated heterocycles. The fourth-order valence-corrected chi connectivity index (χ4v) is 3.41. The van der Waals surface area contributed by atoms with Gasteiger partial charge in [0.15, 0.2) is 0 Å². The van der Waals surface area contributed by atoms with Crippen molar-refractivity contribution < 1.29 is 0 Å². The Morgan fingerprint density at radius 2 is 2.29 bits per heavy atom. The van der Waals surface area contributed by atoms with Gasteiger partial charge in [0.2, 0.25) is 0 Å². The minimum atomic E-state index is 0.732. The van der Waals surface area contributed by atoms with Crippen molar-refractivity contribution in [2.24, 2.45) is 0 Å². The van der Waals surface area contributed by atoms with Crippen LogP contribution in [-0.2, 0) is 0 Å². The van der Waals surface area contributed by atoms with Crippen molar-refractivity contribution in [3.63, 3.8) is 0 Å². The van der Waals surface area contributed by atoms with Crippen molar-refractivity contribution in [1.82, 2.24) is 9.32 Å². The normalized spacial score (nSPS) is 16.4. The number of pyridine rings is 1. The van der Waals surface area contributed by atoms with Crippen LogP contribution >= 0.6 is 25.3 Å². The summed E-state index contributed by atoms with van der Waals surface area (Å²) in [6, 6.07) is 4.09. The molecule has 0 radical (unpaired) electrons. The second-order valence-electron chi connectivity index (χ2n) is 3.72. The molecule has 0 amide bonds. The van der Waals surface area contributed by atoms with Crippen molar-refractivity contribution in [3.05, 3.63) is 28.5 Å². The molecule has 1 fully saturated rings. The van der Waals surface area contributed by atoms with Crippen molar-refractivity contribution in [3.8, 4) is 0 Å². The first-order chi connectivity index (χ1) is 6.79. The van der Waals surface area contributed by atoms with Crippen LogP contribution in [0.1, 0.15) is 24.5 Å². The van der Waals surface area contributed by atoms with Crippen LogP contribution in [0.5, 0.6) is 0 Å². The lowest BCUT2D eigenvalue weighted by atomic mass is 10.2. The zero-order valence-corrected chi connectivity index (χ0v) is 10.3. The Morgan fingerprint density at radius 3 is 2.93 bits per heavy atom. The van der Waals surface area contributed by atoms with E-state index in [0.29, 0.717) is 0 Å². The van der Waals surface area contributed by atoms with Crippen LogP contribution in [0.4, 0.5) is 0 Å². The van der Waals surface area contributed by atoms with Gasteiger partial charge in [-0.25, -0.2) is 4.98 Å². The molecule has 1 saturated carbocycles. The number of aromatic nitrogens is 2. The predicted octanol–water partition coefficient (Wildman–Crippen LogP) is 3.31. The van der Waals surface area contributed by atoms with E-state index in [2.05, 4.69) is 40.7 Å². The van der Waals surface area contributed by atoms with E-state index in [4.69, 9.17) is 0 Å². The molecule has 2 aromatic rings. The van der Waals surface area contributed by atoms with Gasteiger partial charge in [-0.1, -0.05) is 0 Å². The van der Waals surface area contributed by atoms with Gasteiger partial charge in [0, 0.05) is 27.7 Å². The highest BCUT2D eigenvalue weighted by Crippen LogP contribution is 2.47. The molecule has 0 bridgehead atoms. The molecule has 1 unspecified atom stereocenters. The lowest BCUT2D eigenvalue weighted by Gasteiger charge is -2.00. The van der Waals surface area contributed by atoms with Gasteiger partial charge >= 0.3 is 0 Å². The fourth-order valence-electron chi connectivity index (χ4n) is 1.85. The van der Waals surface area contributed by atoms with E-state index in [1.807, 2.05) is 12.3 Å². The van der Waals surface area contributed by atoms with Crippen molar-refractivity contribution in [1.29, 1.82) is 0 Å². The van der Waals surface area contributed by atoms with Gasteiger partial charge in [-0.2, -0.15) is 0 Å². The average Bonchev–Trinajstić information content (AvgIpc) is 2.99. The van der Waals surface area contributed by atoms with Gasteiger partial charge in [-0.05, 0) is 50.3 Å². The summed E-state index contributed by atoms with van der Waals surface area (Å²) in [5.74, 6) is 0.732. The van der Waals surface area contributed by atoms with Gasteiger partial charge < -0.3 is 4.34 Å². The number of nitrogens with zero attached hydrogens (tertiary/aromatic N) is 2. The molecule has 2 aromatic heterocycles. The molecule has 2 nitrogen and oxygen atoms in total. The van der Waals surface area contributed by atoms with E-state index in [1.165, 1.54) is 28.4 Å². The molecule has 72 valence electrons. The molecule has 4 heteroatoms. The maximum absolute atomic E-state index is 4.38. The van der Waals surface area contributed by atoms with E-state index >= 15 is 0 Å². The number of rotatable bonds is 1. The number of halogens is 1. The van der Waals surface area contributed by atoms with Crippen LogP contribution in [0, 0.1) is 0 Å². The largest absolute Gasteiger partial charge is 0.313 e. The molecule has 0 aromatic carbocycles. The molecule has 2 heterocycles. The van der Waals surface area contributed by atoms with E-state index in [0.717, 1.165) is 11.6 Å². The average molecular weight is 269 g/mol. The fraction of sp³-hybridized carbons (Fsp3) is 0.300. The molecule has 14 heavy (non-hydrogen) atoms. The zero-order chi connectivity index (χ0) is 9.71.